The lowest BCUT2D eigenvalue weighted by Gasteiger charge is -2.44. The molecule has 1 aliphatic heterocycles. The lowest BCUT2D eigenvalue weighted by Crippen LogP contribution is -2.65. The van der Waals surface area contributed by atoms with Crippen molar-refractivity contribution in [2.75, 3.05) is 0 Å². The van der Waals surface area contributed by atoms with Gasteiger partial charge in [0.05, 0.1) is 30.5 Å². The fraction of sp³-hybridized carbons (Fsp3) is 0.500. The highest BCUT2D eigenvalue weighted by Gasteiger charge is 2.49. The molecule has 5 unspecified atom stereocenters. The van der Waals surface area contributed by atoms with E-state index >= 15 is 0 Å². The number of alkyl halides is 3. The number of halogens is 3. The largest absolute Gasteiger partial charge is 0.456 e. The molecule has 2 heterocycles. The van der Waals surface area contributed by atoms with Crippen LogP contribution in [-0.4, -0.2) is 63.3 Å². The lowest BCUT2D eigenvalue weighted by atomic mass is 9.92. The van der Waals surface area contributed by atoms with Gasteiger partial charge in [-0.1, -0.05) is 17.3 Å². The monoisotopic (exact) mass is 498 g/mol. The molecular formula is C22H25F3N4O6. The van der Waals surface area contributed by atoms with Crippen molar-refractivity contribution in [1.82, 2.24) is 20.3 Å². The van der Waals surface area contributed by atoms with Crippen LogP contribution in [0.25, 0.3) is 11.3 Å². The van der Waals surface area contributed by atoms with E-state index < -0.39 is 60.0 Å². The number of nitrogens with one attached hydrogen (secondary N) is 1. The fourth-order valence-corrected chi connectivity index (χ4v) is 3.93. The summed E-state index contributed by atoms with van der Waals surface area (Å²) in [6, 6.07) is 3.86. The van der Waals surface area contributed by atoms with Crippen molar-refractivity contribution < 1.29 is 41.8 Å². The Morgan fingerprint density at radius 3 is 2.37 bits per heavy atom. The topological polar surface area (TPSA) is 122 Å². The number of hydrogen-bond donors (Lipinski definition) is 1. The van der Waals surface area contributed by atoms with Gasteiger partial charge in [0.15, 0.2) is 12.2 Å². The summed E-state index contributed by atoms with van der Waals surface area (Å²) in [7, 11) is 0. The first-order valence-corrected chi connectivity index (χ1v) is 10.7. The van der Waals surface area contributed by atoms with Gasteiger partial charge in [-0.25, -0.2) is 4.68 Å². The Morgan fingerprint density at radius 2 is 1.77 bits per heavy atom. The van der Waals surface area contributed by atoms with Gasteiger partial charge in [-0.2, -0.15) is 13.2 Å². The van der Waals surface area contributed by atoms with Crippen molar-refractivity contribution in [2.45, 2.75) is 70.9 Å². The first-order valence-electron chi connectivity index (χ1n) is 10.7. The molecule has 1 aromatic carbocycles. The second-order valence-corrected chi connectivity index (χ2v) is 8.16. The zero-order chi connectivity index (χ0) is 25.9. The standard InChI is InChI=1S/C22H25F3N4O6/c1-11-19(26-12(2)30)21(35-14(4)32)20(34-13(3)31)18(33-11)10-29-9-17(27-28-29)15-6-5-7-16(8-15)22(23,24)25/h5-9,11,18-21H,10H2,1-4H3,(H,26,30). The molecular weight excluding hydrogens is 473 g/mol. The van der Waals surface area contributed by atoms with Gasteiger partial charge < -0.3 is 19.5 Å². The Bertz CT molecular complexity index is 1090. The number of benzene rings is 1. The maximum Gasteiger partial charge on any atom is 0.416 e. The highest BCUT2D eigenvalue weighted by Crippen LogP contribution is 2.32. The molecule has 1 saturated heterocycles. The number of nitrogens with zero attached hydrogens (tertiary/aromatic N) is 3. The van der Waals surface area contributed by atoms with Crippen LogP contribution in [0.2, 0.25) is 0 Å². The van der Waals surface area contributed by atoms with Crippen LogP contribution in [0, 0.1) is 0 Å². The second kappa shape index (κ2) is 10.4. The van der Waals surface area contributed by atoms with Crippen molar-refractivity contribution in [3.63, 3.8) is 0 Å². The average molecular weight is 498 g/mol. The van der Waals surface area contributed by atoms with Crippen LogP contribution >= 0.6 is 0 Å². The minimum atomic E-state index is -4.51. The molecule has 10 nitrogen and oxygen atoms in total. The maximum atomic E-state index is 13.1. The van der Waals surface area contributed by atoms with Gasteiger partial charge in [-0.05, 0) is 19.1 Å². The van der Waals surface area contributed by atoms with Crippen molar-refractivity contribution >= 4 is 17.8 Å². The van der Waals surface area contributed by atoms with Crippen molar-refractivity contribution in [1.29, 1.82) is 0 Å². The van der Waals surface area contributed by atoms with Crippen LogP contribution in [0.1, 0.15) is 33.3 Å². The number of rotatable bonds is 6. The molecule has 0 aliphatic carbocycles. The van der Waals surface area contributed by atoms with Gasteiger partial charge in [0.2, 0.25) is 5.91 Å². The smallest absolute Gasteiger partial charge is 0.416 e. The molecule has 1 aliphatic rings. The quantitative estimate of drug-likeness (QED) is 0.602. The van der Waals surface area contributed by atoms with E-state index in [2.05, 4.69) is 15.6 Å². The third kappa shape index (κ3) is 6.56. The van der Waals surface area contributed by atoms with Gasteiger partial charge in [-0.15, -0.1) is 5.10 Å². The molecule has 2 aromatic rings. The molecule has 0 spiro atoms. The Balaban J connectivity index is 1.88. The van der Waals surface area contributed by atoms with Crippen LogP contribution in [0.15, 0.2) is 30.5 Å². The summed E-state index contributed by atoms with van der Waals surface area (Å²) in [5.41, 5.74) is -0.419. The van der Waals surface area contributed by atoms with Crippen LogP contribution in [0.4, 0.5) is 13.2 Å². The van der Waals surface area contributed by atoms with E-state index in [4.69, 9.17) is 14.2 Å². The third-order valence-electron chi connectivity index (χ3n) is 5.30. The Labute approximate surface area is 198 Å². The summed E-state index contributed by atoms with van der Waals surface area (Å²) in [6.45, 7) is 5.27. The molecule has 5 atom stereocenters. The molecule has 1 amide bonds. The van der Waals surface area contributed by atoms with E-state index in [1.54, 1.807) is 6.92 Å². The first kappa shape index (κ1) is 26.1. The molecule has 0 saturated carbocycles. The van der Waals surface area contributed by atoms with E-state index in [1.165, 1.54) is 43.8 Å². The third-order valence-corrected chi connectivity index (χ3v) is 5.30. The predicted molar refractivity (Wildman–Crippen MR) is 114 cm³/mol. The number of amides is 1. The Morgan fingerprint density at radius 1 is 1.11 bits per heavy atom. The second-order valence-electron chi connectivity index (χ2n) is 8.16. The number of carbonyl (C=O) groups is 3. The molecule has 0 bridgehead atoms. The number of hydrogen-bond acceptors (Lipinski definition) is 8. The predicted octanol–water partition coefficient (Wildman–Crippen LogP) is 2.12. The fourth-order valence-electron chi connectivity index (χ4n) is 3.93. The highest BCUT2D eigenvalue weighted by molar-refractivity contribution is 5.73. The molecule has 35 heavy (non-hydrogen) atoms. The van der Waals surface area contributed by atoms with Gasteiger partial charge in [0.25, 0.3) is 0 Å². The molecule has 0 radical (unpaired) electrons. The zero-order valence-electron chi connectivity index (χ0n) is 19.4. The number of carbonyl (C=O) groups excluding carboxylic acids is 3. The van der Waals surface area contributed by atoms with Crippen LogP contribution in [0.3, 0.4) is 0 Å². The Kier molecular flexibility index (Phi) is 7.78. The van der Waals surface area contributed by atoms with E-state index in [-0.39, 0.29) is 17.8 Å². The minimum absolute atomic E-state index is 0.0290. The minimum Gasteiger partial charge on any atom is -0.456 e. The molecule has 190 valence electrons. The van der Waals surface area contributed by atoms with E-state index in [0.717, 1.165) is 12.1 Å². The van der Waals surface area contributed by atoms with E-state index in [1.807, 2.05) is 0 Å². The van der Waals surface area contributed by atoms with Gasteiger partial charge in [-0.3, -0.25) is 14.4 Å². The van der Waals surface area contributed by atoms with Crippen molar-refractivity contribution in [2.24, 2.45) is 0 Å². The SMILES string of the molecule is CC(=O)NC1C(C)OC(Cn2cc(-c3cccc(C(F)(F)F)c3)nn2)C(OC(C)=O)C1OC(C)=O. The van der Waals surface area contributed by atoms with Gasteiger partial charge >= 0.3 is 18.1 Å². The number of ether oxygens (including phenoxy) is 3. The highest BCUT2D eigenvalue weighted by atomic mass is 19.4. The summed E-state index contributed by atoms with van der Waals surface area (Å²) >= 11 is 0. The van der Waals surface area contributed by atoms with Crippen molar-refractivity contribution in [3.8, 4) is 11.3 Å². The zero-order valence-corrected chi connectivity index (χ0v) is 19.4. The lowest BCUT2D eigenvalue weighted by molar-refractivity contribution is -0.215. The molecule has 1 aromatic heterocycles. The number of aromatic nitrogens is 3. The van der Waals surface area contributed by atoms with Gasteiger partial charge in [0.1, 0.15) is 11.8 Å². The average Bonchev–Trinajstić information content (AvgIpc) is 3.21. The molecule has 13 heteroatoms. The normalized spacial score (nSPS) is 24.5. The van der Waals surface area contributed by atoms with E-state index in [0.29, 0.717) is 0 Å². The maximum absolute atomic E-state index is 13.1. The molecule has 1 N–H and O–H groups in total. The van der Waals surface area contributed by atoms with Gasteiger partial charge in [0, 0.05) is 26.3 Å². The van der Waals surface area contributed by atoms with Crippen LogP contribution in [0.5, 0.6) is 0 Å². The summed E-state index contributed by atoms with van der Waals surface area (Å²) in [5, 5.41) is 10.6. The van der Waals surface area contributed by atoms with Crippen LogP contribution < -0.4 is 5.32 Å². The molecule has 3 rings (SSSR count). The summed E-state index contributed by atoms with van der Waals surface area (Å²) in [5.74, 6) is -1.72. The summed E-state index contributed by atoms with van der Waals surface area (Å²) < 4.78 is 57.3. The Hall–Kier alpha value is -3.48. The summed E-state index contributed by atoms with van der Waals surface area (Å²) in [4.78, 5) is 35.3. The summed E-state index contributed by atoms with van der Waals surface area (Å²) in [6.07, 6.45) is -6.77. The number of esters is 2. The van der Waals surface area contributed by atoms with Crippen molar-refractivity contribution in [3.05, 3.63) is 36.0 Å². The van der Waals surface area contributed by atoms with E-state index in [9.17, 15) is 27.6 Å². The molecule has 1 fully saturated rings. The first-order chi connectivity index (χ1) is 16.3. The van der Waals surface area contributed by atoms with Crippen LogP contribution in [-0.2, 0) is 41.3 Å².